The van der Waals surface area contributed by atoms with Crippen molar-refractivity contribution in [3.05, 3.63) is 92.5 Å². The van der Waals surface area contributed by atoms with Crippen LogP contribution in [0.3, 0.4) is 0 Å². The Labute approximate surface area is 177 Å². The number of rotatable bonds is 2. The Morgan fingerprint density at radius 1 is 1.03 bits per heavy atom. The van der Waals surface area contributed by atoms with Crippen LogP contribution < -0.4 is 10.6 Å². The molecule has 3 aromatic rings. The third kappa shape index (κ3) is 3.34. The average molecular weight is 425 g/mol. The summed E-state index contributed by atoms with van der Waals surface area (Å²) in [5.41, 5.74) is 4.05. The molecule has 5 rings (SSSR count). The highest BCUT2D eigenvalue weighted by molar-refractivity contribution is 7.10. The van der Waals surface area contributed by atoms with Crippen molar-refractivity contribution in [1.82, 2.24) is 0 Å². The smallest absolute Gasteiger partial charge is 0.163 e. The number of ketones is 1. The number of allylic oxidation sites excluding steroid dienone is 1. The van der Waals surface area contributed by atoms with E-state index in [2.05, 4.69) is 16.7 Å². The Balaban J connectivity index is 1.64. The molecule has 0 bridgehead atoms. The lowest BCUT2D eigenvalue weighted by atomic mass is 9.81. The van der Waals surface area contributed by atoms with Crippen molar-refractivity contribution in [2.75, 3.05) is 10.6 Å². The van der Waals surface area contributed by atoms with Crippen LogP contribution in [-0.2, 0) is 4.79 Å². The molecule has 0 saturated heterocycles. The van der Waals surface area contributed by atoms with Gasteiger partial charge in [0.2, 0.25) is 0 Å². The van der Waals surface area contributed by atoms with Crippen molar-refractivity contribution in [3.8, 4) is 0 Å². The summed E-state index contributed by atoms with van der Waals surface area (Å²) < 4.78 is 14.2. The Hall–Kier alpha value is -2.63. The van der Waals surface area contributed by atoms with Gasteiger partial charge in [-0.15, -0.1) is 11.3 Å². The number of halogens is 2. The Bertz CT molecular complexity index is 1130. The molecule has 0 spiro atoms. The summed E-state index contributed by atoms with van der Waals surface area (Å²) in [5.74, 6) is -0.252. The van der Waals surface area contributed by atoms with Crippen LogP contribution in [-0.4, -0.2) is 5.78 Å². The number of fused-ring (bicyclic) bond motifs is 1. The molecule has 0 fully saturated rings. The minimum absolute atomic E-state index is 0.0721. The number of thiophene rings is 1. The number of Topliss-reactive ketones (excluding diaryl/α,β-unsaturated/α-hetero) is 1. The van der Waals surface area contributed by atoms with Gasteiger partial charge in [-0.2, -0.15) is 0 Å². The van der Waals surface area contributed by atoms with Gasteiger partial charge in [-0.1, -0.05) is 35.9 Å². The molecular formula is C23H18ClFN2OS. The number of hydrogen-bond acceptors (Lipinski definition) is 4. The van der Waals surface area contributed by atoms with Crippen molar-refractivity contribution < 1.29 is 9.18 Å². The second-order valence-electron chi connectivity index (χ2n) is 7.36. The van der Waals surface area contributed by atoms with Crippen molar-refractivity contribution >= 4 is 40.1 Å². The SMILES string of the molecule is O=C1C[C@@H](c2cccs2)CC2=C1[C@@H](c1ccc(Cl)c(F)c1)Nc1ccccc1N2. The zero-order valence-electron chi connectivity index (χ0n) is 15.4. The summed E-state index contributed by atoms with van der Waals surface area (Å²) in [6.07, 6.45) is 1.19. The fourth-order valence-corrected chi connectivity index (χ4v) is 5.11. The van der Waals surface area contributed by atoms with Crippen molar-refractivity contribution in [3.63, 3.8) is 0 Å². The molecule has 2 aromatic carbocycles. The van der Waals surface area contributed by atoms with Gasteiger partial charge in [0.05, 0.1) is 22.4 Å². The highest BCUT2D eigenvalue weighted by atomic mass is 35.5. The van der Waals surface area contributed by atoms with E-state index in [9.17, 15) is 9.18 Å². The second-order valence-corrected chi connectivity index (χ2v) is 8.74. The van der Waals surface area contributed by atoms with Gasteiger partial charge >= 0.3 is 0 Å². The van der Waals surface area contributed by atoms with E-state index in [4.69, 9.17) is 11.6 Å². The lowest BCUT2D eigenvalue weighted by Crippen LogP contribution is -2.26. The predicted molar refractivity (Wildman–Crippen MR) is 116 cm³/mol. The molecule has 3 nitrogen and oxygen atoms in total. The zero-order valence-corrected chi connectivity index (χ0v) is 17.0. The predicted octanol–water partition coefficient (Wildman–Crippen LogP) is 6.52. The van der Waals surface area contributed by atoms with Crippen LogP contribution in [0.15, 0.2) is 71.2 Å². The molecule has 0 amide bonds. The first-order chi connectivity index (χ1) is 14.1. The highest BCUT2D eigenvalue weighted by Crippen LogP contribution is 2.45. The van der Waals surface area contributed by atoms with Gasteiger partial charge in [-0.05, 0) is 47.7 Å². The Kier molecular flexibility index (Phi) is 4.64. The minimum atomic E-state index is -0.488. The van der Waals surface area contributed by atoms with Gasteiger partial charge in [0, 0.05) is 28.5 Å². The number of anilines is 2. The maximum Gasteiger partial charge on any atom is 0.163 e. The van der Waals surface area contributed by atoms with Crippen LogP contribution in [0.2, 0.25) is 5.02 Å². The van der Waals surface area contributed by atoms with E-state index in [0.717, 1.165) is 23.5 Å². The zero-order chi connectivity index (χ0) is 20.0. The van der Waals surface area contributed by atoms with E-state index in [-0.39, 0.29) is 16.7 Å². The van der Waals surface area contributed by atoms with E-state index in [1.807, 2.05) is 35.7 Å². The van der Waals surface area contributed by atoms with Crippen LogP contribution in [0.25, 0.3) is 0 Å². The summed E-state index contributed by atoms with van der Waals surface area (Å²) in [6.45, 7) is 0. The highest BCUT2D eigenvalue weighted by Gasteiger charge is 2.36. The fraction of sp³-hybridized carbons (Fsp3) is 0.174. The number of benzene rings is 2. The standard InChI is InChI=1S/C23H18ClFN2OS/c24-15-8-7-13(10-16(15)25)23-22-19(26-17-4-1-2-5-18(17)27-23)11-14(12-20(22)28)21-6-3-9-29-21/h1-10,14,23,26-27H,11-12H2/t14-,23+/m0/s1. The summed E-state index contributed by atoms with van der Waals surface area (Å²) >= 11 is 7.57. The lowest BCUT2D eigenvalue weighted by Gasteiger charge is -2.29. The second kappa shape index (κ2) is 7.32. The molecule has 0 saturated carbocycles. The molecule has 2 atom stereocenters. The van der Waals surface area contributed by atoms with Crippen LogP contribution in [0.5, 0.6) is 0 Å². The molecule has 1 aliphatic carbocycles. The molecule has 1 aromatic heterocycles. The summed E-state index contributed by atoms with van der Waals surface area (Å²) in [4.78, 5) is 14.5. The average Bonchev–Trinajstić information content (AvgIpc) is 3.19. The number of carbonyl (C=O) groups excluding carboxylic acids is 1. The number of carbonyl (C=O) groups is 1. The van der Waals surface area contributed by atoms with E-state index in [0.29, 0.717) is 17.6 Å². The van der Waals surface area contributed by atoms with Gasteiger partial charge in [-0.3, -0.25) is 4.79 Å². The van der Waals surface area contributed by atoms with E-state index in [1.165, 1.54) is 10.9 Å². The quantitative estimate of drug-likeness (QED) is 0.492. The van der Waals surface area contributed by atoms with Gasteiger partial charge in [0.1, 0.15) is 5.82 Å². The molecule has 0 radical (unpaired) electrons. The molecule has 1 aliphatic heterocycles. The van der Waals surface area contributed by atoms with E-state index >= 15 is 0 Å². The van der Waals surface area contributed by atoms with Gasteiger partial charge < -0.3 is 10.6 Å². The maximum absolute atomic E-state index is 14.2. The Morgan fingerprint density at radius 3 is 2.62 bits per heavy atom. The number of para-hydroxylation sites is 2. The van der Waals surface area contributed by atoms with Crippen molar-refractivity contribution in [2.45, 2.75) is 24.8 Å². The van der Waals surface area contributed by atoms with Gasteiger partial charge in [-0.25, -0.2) is 4.39 Å². The molecule has 2 aliphatic rings. The fourth-order valence-electron chi connectivity index (χ4n) is 4.16. The lowest BCUT2D eigenvalue weighted by molar-refractivity contribution is -0.116. The molecule has 146 valence electrons. The molecule has 2 N–H and O–H groups in total. The molecule has 29 heavy (non-hydrogen) atoms. The Morgan fingerprint density at radius 2 is 1.86 bits per heavy atom. The maximum atomic E-state index is 14.2. The summed E-state index contributed by atoms with van der Waals surface area (Å²) in [7, 11) is 0. The summed E-state index contributed by atoms with van der Waals surface area (Å²) in [5, 5.41) is 9.06. The summed E-state index contributed by atoms with van der Waals surface area (Å²) in [6, 6.07) is 16.2. The third-order valence-corrected chi connectivity index (χ3v) is 6.87. The van der Waals surface area contributed by atoms with Crippen LogP contribution in [0.1, 0.15) is 35.2 Å². The van der Waals surface area contributed by atoms with E-state index < -0.39 is 11.9 Å². The minimum Gasteiger partial charge on any atom is -0.372 e. The first-order valence-electron chi connectivity index (χ1n) is 9.47. The molecular weight excluding hydrogens is 407 g/mol. The van der Waals surface area contributed by atoms with Gasteiger partial charge in [0.15, 0.2) is 5.78 Å². The van der Waals surface area contributed by atoms with Crippen LogP contribution >= 0.6 is 22.9 Å². The first kappa shape index (κ1) is 18.4. The van der Waals surface area contributed by atoms with E-state index in [1.54, 1.807) is 23.5 Å². The van der Waals surface area contributed by atoms with Crippen LogP contribution in [0, 0.1) is 5.82 Å². The number of nitrogens with one attached hydrogen (secondary N) is 2. The largest absolute Gasteiger partial charge is 0.372 e. The first-order valence-corrected chi connectivity index (χ1v) is 10.7. The monoisotopic (exact) mass is 424 g/mol. The normalized spacial score (nSPS) is 21.0. The third-order valence-electron chi connectivity index (χ3n) is 5.53. The van der Waals surface area contributed by atoms with Gasteiger partial charge in [0.25, 0.3) is 0 Å². The number of hydrogen-bond donors (Lipinski definition) is 2. The molecule has 0 unspecified atom stereocenters. The van der Waals surface area contributed by atoms with Crippen molar-refractivity contribution in [1.29, 1.82) is 0 Å². The van der Waals surface area contributed by atoms with Crippen molar-refractivity contribution in [2.24, 2.45) is 0 Å². The molecule has 2 heterocycles. The topological polar surface area (TPSA) is 41.1 Å². The van der Waals surface area contributed by atoms with Crippen LogP contribution in [0.4, 0.5) is 15.8 Å². The molecule has 6 heteroatoms.